The molecular formula is C14H16O2. The molecule has 2 nitrogen and oxygen atoms in total. The van der Waals surface area contributed by atoms with E-state index in [1.807, 2.05) is 13.2 Å². The maximum absolute atomic E-state index is 5.63. The summed E-state index contributed by atoms with van der Waals surface area (Å²) in [5, 5.41) is 0. The van der Waals surface area contributed by atoms with Crippen LogP contribution in [0.1, 0.15) is 37.5 Å². The molecule has 0 amide bonds. The zero-order chi connectivity index (χ0) is 11.2. The lowest BCUT2D eigenvalue weighted by atomic mass is 9.66. The second kappa shape index (κ2) is 3.27. The maximum Gasteiger partial charge on any atom is 0.111 e. The maximum atomic E-state index is 5.63. The number of aryl methyl sites for hydroxylation is 1. The van der Waals surface area contributed by atoms with Gasteiger partial charge >= 0.3 is 0 Å². The Hall–Kier alpha value is -1.44. The standard InChI is InChI=1S/C14H16O2/c1-3-12-14(7-9-15-12)6-4-11-5-8-16-13(11)10(14)2/h3,5,7-10H,4,6H2,1-2H3/b12-3-. The molecule has 1 aliphatic carbocycles. The molecule has 2 unspecified atom stereocenters. The summed E-state index contributed by atoms with van der Waals surface area (Å²) in [5.41, 5.74) is 1.38. The Morgan fingerprint density at radius 2 is 2.38 bits per heavy atom. The van der Waals surface area contributed by atoms with E-state index in [9.17, 15) is 0 Å². The van der Waals surface area contributed by atoms with Crippen molar-refractivity contribution in [2.45, 2.75) is 32.6 Å². The molecule has 16 heavy (non-hydrogen) atoms. The smallest absolute Gasteiger partial charge is 0.111 e. The first-order valence-electron chi connectivity index (χ1n) is 5.85. The first-order valence-corrected chi connectivity index (χ1v) is 5.85. The van der Waals surface area contributed by atoms with E-state index < -0.39 is 0 Å². The van der Waals surface area contributed by atoms with Crippen molar-refractivity contribution in [3.8, 4) is 0 Å². The summed E-state index contributed by atoms with van der Waals surface area (Å²) in [6.07, 6.45) is 10.1. The highest BCUT2D eigenvalue weighted by Gasteiger charge is 2.46. The van der Waals surface area contributed by atoms with Crippen molar-refractivity contribution >= 4 is 0 Å². The molecule has 0 aromatic carbocycles. The van der Waals surface area contributed by atoms with Crippen molar-refractivity contribution in [2.24, 2.45) is 5.41 Å². The summed E-state index contributed by atoms with van der Waals surface area (Å²) in [7, 11) is 0. The molecule has 2 heteroatoms. The van der Waals surface area contributed by atoms with Crippen LogP contribution in [0.3, 0.4) is 0 Å². The quantitative estimate of drug-likeness (QED) is 0.658. The first kappa shape index (κ1) is 9.76. The van der Waals surface area contributed by atoms with Crippen LogP contribution < -0.4 is 0 Å². The van der Waals surface area contributed by atoms with Gasteiger partial charge in [0.1, 0.15) is 11.5 Å². The minimum atomic E-state index is 0.0274. The zero-order valence-corrected chi connectivity index (χ0v) is 9.69. The topological polar surface area (TPSA) is 22.4 Å². The van der Waals surface area contributed by atoms with Gasteiger partial charge in [-0.1, -0.05) is 6.92 Å². The molecule has 3 rings (SSSR count). The molecule has 2 atom stereocenters. The van der Waals surface area contributed by atoms with E-state index in [1.165, 1.54) is 5.56 Å². The van der Waals surface area contributed by atoms with Crippen molar-refractivity contribution < 1.29 is 9.15 Å². The Morgan fingerprint density at radius 1 is 1.50 bits per heavy atom. The number of fused-ring (bicyclic) bond motifs is 1. The second-order valence-corrected chi connectivity index (χ2v) is 4.65. The van der Waals surface area contributed by atoms with Crippen molar-refractivity contribution in [1.29, 1.82) is 0 Å². The van der Waals surface area contributed by atoms with Gasteiger partial charge in [-0.2, -0.15) is 0 Å². The van der Waals surface area contributed by atoms with Crippen LogP contribution in [0.2, 0.25) is 0 Å². The van der Waals surface area contributed by atoms with E-state index in [2.05, 4.69) is 25.1 Å². The Kier molecular flexibility index (Phi) is 2.00. The van der Waals surface area contributed by atoms with Crippen molar-refractivity contribution in [1.82, 2.24) is 0 Å². The normalized spacial score (nSPS) is 34.4. The predicted molar refractivity (Wildman–Crippen MR) is 61.9 cm³/mol. The highest BCUT2D eigenvalue weighted by Crippen LogP contribution is 2.53. The molecule has 0 N–H and O–H groups in total. The summed E-state index contributed by atoms with van der Waals surface area (Å²) in [5.74, 6) is 2.55. The van der Waals surface area contributed by atoms with Crippen molar-refractivity contribution in [3.63, 3.8) is 0 Å². The molecule has 0 saturated heterocycles. The fraction of sp³-hybridized carbons (Fsp3) is 0.429. The van der Waals surface area contributed by atoms with Gasteiger partial charge in [-0.25, -0.2) is 0 Å². The molecule has 2 heterocycles. The van der Waals surface area contributed by atoms with Gasteiger partial charge in [0.25, 0.3) is 0 Å². The molecule has 0 saturated carbocycles. The molecular weight excluding hydrogens is 200 g/mol. The summed E-state index contributed by atoms with van der Waals surface area (Å²) < 4.78 is 11.2. The first-order chi connectivity index (χ1) is 7.78. The average Bonchev–Trinajstić information content (AvgIpc) is 2.91. The molecule has 2 aliphatic rings. The summed E-state index contributed by atoms with van der Waals surface area (Å²) in [6, 6.07) is 2.09. The fourth-order valence-corrected chi connectivity index (χ4v) is 3.05. The van der Waals surface area contributed by atoms with Gasteiger partial charge in [-0.15, -0.1) is 0 Å². The number of rotatable bonds is 0. The van der Waals surface area contributed by atoms with E-state index in [0.717, 1.165) is 24.4 Å². The highest BCUT2D eigenvalue weighted by atomic mass is 16.5. The third kappa shape index (κ3) is 1.07. The van der Waals surface area contributed by atoms with Gasteiger partial charge in [0.2, 0.25) is 0 Å². The van der Waals surface area contributed by atoms with Crippen LogP contribution in [0.25, 0.3) is 0 Å². The van der Waals surface area contributed by atoms with E-state index in [1.54, 1.807) is 6.26 Å². The third-order valence-electron chi connectivity index (χ3n) is 4.04. The summed E-state index contributed by atoms with van der Waals surface area (Å²) >= 11 is 0. The fourth-order valence-electron chi connectivity index (χ4n) is 3.05. The van der Waals surface area contributed by atoms with Gasteiger partial charge in [0.05, 0.1) is 17.9 Å². The second-order valence-electron chi connectivity index (χ2n) is 4.65. The van der Waals surface area contributed by atoms with Gasteiger partial charge in [0.15, 0.2) is 0 Å². The number of allylic oxidation sites excluding steroid dienone is 2. The monoisotopic (exact) mass is 216 g/mol. The summed E-state index contributed by atoms with van der Waals surface area (Å²) in [6.45, 7) is 4.26. The summed E-state index contributed by atoms with van der Waals surface area (Å²) in [4.78, 5) is 0. The molecule has 1 aromatic rings. The predicted octanol–water partition coefficient (Wildman–Crippen LogP) is 3.76. The van der Waals surface area contributed by atoms with E-state index in [-0.39, 0.29) is 5.41 Å². The average molecular weight is 216 g/mol. The molecule has 84 valence electrons. The minimum absolute atomic E-state index is 0.0274. The number of hydrogen-bond acceptors (Lipinski definition) is 2. The Morgan fingerprint density at radius 3 is 3.19 bits per heavy atom. The molecule has 1 spiro atoms. The highest BCUT2D eigenvalue weighted by molar-refractivity contribution is 5.36. The van der Waals surface area contributed by atoms with Gasteiger partial charge < -0.3 is 9.15 Å². The van der Waals surface area contributed by atoms with Gasteiger partial charge in [-0.3, -0.25) is 0 Å². The van der Waals surface area contributed by atoms with Crippen molar-refractivity contribution in [3.05, 3.63) is 47.8 Å². The van der Waals surface area contributed by atoms with Crippen LogP contribution in [0.4, 0.5) is 0 Å². The minimum Gasteiger partial charge on any atom is -0.469 e. The van der Waals surface area contributed by atoms with Crippen LogP contribution in [0.5, 0.6) is 0 Å². The number of ether oxygens (including phenoxy) is 1. The lowest BCUT2D eigenvalue weighted by molar-refractivity contribution is 0.215. The van der Waals surface area contributed by atoms with E-state index >= 15 is 0 Å². The zero-order valence-electron chi connectivity index (χ0n) is 9.69. The van der Waals surface area contributed by atoms with Gasteiger partial charge in [-0.05, 0) is 43.5 Å². The van der Waals surface area contributed by atoms with Crippen LogP contribution in [-0.2, 0) is 11.2 Å². The lowest BCUT2D eigenvalue weighted by Gasteiger charge is -2.36. The third-order valence-corrected chi connectivity index (χ3v) is 4.04. The van der Waals surface area contributed by atoms with Crippen LogP contribution in [0, 0.1) is 5.41 Å². The van der Waals surface area contributed by atoms with Crippen LogP contribution in [-0.4, -0.2) is 0 Å². The largest absolute Gasteiger partial charge is 0.469 e. The van der Waals surface area contributed by atoms with Crippen LogP contribution >= 0.6 is 0 Å². The number of hydrogen-bond donors (Lipinski definition) is 0. The van der Waals surface area contributed by atoms with Crippen molar-refractivity contribution in [2.75, 3.05) is 0 Å². The Bertz CT molecular complexity index is 467. The Labute approximate surface area is 95.6 Å². The van der Waals surface area contributed by atoms with E-state index in [4.69, 9.17) is 9.15 Å². The molecule has 1 aliphatic heterocycles. The SMILES string of the molecule is C/C=C1\OC=CC12CCc1ccoc1C2C. The molecule has 1 aromatic heterocycles. The molecule has 0 bridgehead atoms. The lowest BCUT2D eigenvalue weighted by Crippen LogP contribution is -2.30. The number of furan rings is 1. The molecule has 0 fully saturated rings. The van der Waals surface area contributed by atoms with E-state index in [0.29, 0.717) is 5.92 Å². The van der Waals surface area contributed by atoms with Crippen LogP contribution in [0.15, 0.2) is 40.9 Å². The van der Waals surface area contributed by atoms with Gasteiger partial charge in [0, 0.05) is 5.92 Å². The molecule has 0 radical (unpaired) electrons. The Balaban J connectivity index is 2.09.